The fourth-order valence-corrected chi connectivity index (χ4v) is 3.78. The third-order valence-corrected chi connectivity index (χ3v) is 5.56. The Morgan fingerprint density at radius 2 is 1.84 bits per heavy atom. The van der Waals surface area contributed by atoms with Gasteiger partial charge in [-0.15, -0.1) is 0 Å². The van der Waals surface area contributed by atoms with Gasteiger partial charge in [-0.05, 0) is 41.8 Å². The minimum atomic E-state index is -0.501. The number of benzene rings is 3. The second-order valence-electron chi connectivity index (χ2n) is 9.80. The zero-order valence-electron chi connectivity index (χ0n) is 20.5. The van der Waals surface area contributed by atoms with Gasteiger partial charge in [0.15, 0.2) is 11.5 Å². The van der Waals surface area contributed by atoms with Crippen molar-refractivity contribution in [3.63, 3.8) is 0 Å². The second kappa shape index (κ2) is 9.34. The third kappa shape index (κ3) is 4.97. The fourth-order valence-electron chi connectivity index (χ4n) is 3.78. The molecular weight excluding hydrogens is 472 g/mol. The van der Waals surface area contributed by atoms with E-state index in [4.69, 9.17) is 9.15 Å². The molecule has 0 aliphatic heterocycles. The van der Waals surface area contributed by atoms with E-state index in [1.54, 1.807) is 36.4 Å². The molecule has 186 valence electrons. The van der Waals surface area contributed by atoms with E-state index in [1.807, 2.05) is 45.0 Å². The van der Waals surface area contributed by atoms with Crippen LogP contribution in [0.2, 0.25) is 0 Å². The summed E-state index contributed by atoms with van der Waals surface area (Å²) in [7, 11) is 0. The van der Waals surface area contributed by atoms with Gasteiger partial charge in [0.25, 0.3) is 5.56 Å². The largest absolute Gasteiger partial charge is 0.486 e. The van der Waals surface area contributed by atoms with Gasteiger partial charge >= 0.3 is 5.69 Å². The van der Waals surface area contributed by atoms with Gasteiger partial charge in [-0.25, -0.2) is 4.98 Å². The lowest BCUT2D eigenvalue weighted by molar-refractivity contribution is -0.386. The average molecular weight is 497 g/mol. The molecule has 0 saturated heterocycles. The first-order valence-corrected chi connectivity index (χ1v) is 11.7. The minimum Gasteiger partial charge on any atom is -0.486 e. The standard InChI is InChI=1S/C28H24N4O5/c1-28(2,3)17-36-24-13-12-18(14-22(24)32(34)35)16-29-31-26(25-15-19-8-4-7-11-23(19)37-25)30-21-10-6-5-9-20(21)27(31)33/h4-16H,17H2,1-3H3. The summed E-state index contributed by atoms with van der Waals surface area (Å²) in [5.74, 6) is 0.762. The van der Waals surface area contributed by atoms with Gasteiger partial charge in [0.05, 0.1) is 28.6 Å². The highest BCUT2D eigenvalue weighted by molar-refractivity contribution is 5.85. The lowest BCUT2D eigenvalue weighted by atomic mass is 9.99. The van der Waals surface area contributed by atoms with Crippen molar-refractivity contribution >= 4 is 33.8 Å². The van der Waals surface area contributed by atoms with E-state index >= 15 is 0 Å². The number of furan rings is 1. The summed E-state index contributed by atoms with van der Waals surface area (Å²) in [5, 5.41) is 17.3. The van der Waals surface area contributed by atoms with E-state index < -0.39 is 10.5 Å². The number of para-hydroxylation sites is 2. The van der Waals surface area contributed by atoms with Gasteiger partial charge in [0, 0.05) is 17.0 Å². The van der Waals surface area contributed by atoms with Crippen molar-refractivity contribution in [3.8, 4) is 17.3 Å². The number of nitro benzene ring substituents is 1. The lowest BCUT2D eigenvalue weighted by Crippen LogP contribution is -2.20. The van der Waals surface area contributed by atoms with Crippen LogP contribution in [0.15, 0.2) is 87.1 Å². The molecule has 0 radical (unpaired) electrons. The van der Waals surface area contributed by atoms with Crippen molar-refractivity contribution in [1.29, 1.82) is 0 Å². The van der Waals surface area contributed by atoms with Gasteiger partial charge < -0.3 is 9.15 Å². The first-order valence-electron chi connectivity index (χ1n) is 11.7. The number of hydrogen-bond donors (Lipinski definition) is 0. The highest BCUT2D eigenvalue weighted by Gasteiger charge is 2.20. The van der Waals surface area contributed by atoms with Crippen LogP contribution in [0.25, 0.3) is 33.5 Å². The Morgan fingerprint density at radius 1 is 1.08 bits per heavy atom. The fraction of sp³-hybridized carbons (Fsp3) is 0.179. The van der Waals surface area contributed by atoms with Crippen LogP contribution < -0.4 is 10.3 Å². The maximum Gasteiger partial charge on any atom is 0.311 e. The van der Waals surface area contributed by atoms with Gasteiger partial charge in [-0.2, -0.15) is 9.78 Å². The predicted molar refractivity (Wildman–Crippen MR) is 142 cm³/mol. The molecule has 2 aromatic heterocycles. The maximum atomic E-state index is 13.4. The number of ether oxygens (including phenoxy) is 1. The molecule has 2 heterocycles. The molecule has 9 nitrogen and oxygen atoms in total. The summed E-state index contributed by atoms with van der Waals surface area (Å²) in [4.78, 5) is 29.3. The normalized spacial score (nSPS) is 12.0. The summed E-state index contributed by atoms with van der Waals surface area (Å²) in [6.07, 6.45) is 1.38. The Hall–Kier alpha value is -4.79. The lowest BCUT2D eigenvalue weighted by Gasteiger charge is -2.18. The average Bonchev–Trinajstić information content (AvgIpc) is 3.31. The third-order valence-electron chi connectivity index (χ3n) is 5.56. The SMILES string of the molecule is CC(C)(C)COc1ccc(C=Nn2c(-c3cc4ccccc4o3)nc3ccccc3c2=O)cc1[N+](=O)[O-]. The molecular formula is C28H24N4O5. The smallest absolute Gasteiger partial charge is 0.311 e. The molecule has 0 unspecified atom stereocenters. The van der Waals surface area contributed by atoms with Gasteiger partial charge in [0.2, 0.25) is 5.82 Å². The molecule has 3 aromatic carbocycles. The highest BCUT2D eigenvalue weighted by atomic mass is 16.6. The molecule has 0 fully saturated rings. The minimum absolute atomic E-state index is 0.161. The number of nitro groups is 1. The van der Waals surface area contributed by atoms with E-state index in [1.165, 1.54) is 18.3 Å². The highest BCUT2D eigenvalue weighted by Crippen LogP contribution is 2.30. The summed E-state index contributed by atoms with van der Waals surface area (Å²) in [5.41, 5.74) is 0.838. The van der Waals surface area contributed by atoms with Crippen LogP contribution in [0, 0.1) is 15.5 Å². The van der Waals surface area contributed by atoms with Crippen LogP contribution >= 0.6 is 0 Å². The Labute approximate surface area is 211 Å². The summed E-state index contributed by atoms with van der Waals surface area (Å²) >= 11 is 0. The van der Waals surface area contributed by atoms with Crippen molar-refractivity contribution in [1.82, 2.24) is 9.66 Å². The van der Waals surface area contributed by atoms with Crippen LogP contribution in [-0.4, -0.2) is 27.4 Å². The molecule has 5 aromatic rings. The quantitative estimate of drug-likeness (QED) is 0.161. The molecule has 0 atom stereocenters. The first-order chi connectivity index (χ1) is 17.7. The van der Waals surface area contributed by atoms with Crippen molar-refractivity contribution < 1.29 is 14.1 Å². The molecule has 0 spiro atoms. The molecule has 0 aliphatic carbocycles. The Bertz CT molecular complexity index is 1690. The first kappa shape index (κ1) is 23.9. The van der Waals surface area contributed by atoms with Crippen LogP contribution in [-0.2, 0) is 0 Å². The molecule has 0 aliphatic rings. The van der Waals surface area contributed by atoms with E-state index in [0.717, 1.165) is 10.1 Å². The molecule has 9 heteroatoms. The van der Waals surface area contributed by atoms with E-state index in [0.29, 0.717) is 34.4 Å². The molecule has 37 heavy (non-hydrogen) atoms. The number of rotatable bonds is 6. The summed E-state index contributed by atoms with van der Waals surface area (Å²) < 4.78 is 12.8. The molecule has 0 N–H and O–H groups in total. The maximum absolute atomic E-state index is 13.4. The molecule has 0 bridgehead atoms. The zero-order valence-corrected chi connectivity index (χ0v) is 20.5. The van der Waals surface area contributed by atoms with Gasteiger partial charge in [0.1, 0.15) is 5.58 Å². The van der Waals surface area contributed by atoms with Gasteiger partial charge in [-0.3, -0.25) is 14.9 Å². The molecule has 0 amide bonds. The second-order valence-corrected chi connectivity index (χ2v) is 9.80. The van der Waals surface area contributed by atoms with Crippen LogP contribution in [0.4, 0.5) is 5.69 Å². The van der Waals surface area contributed by atoms with Crippen molar-refractivity contribution in [3.05, 3.63) is 98.8 Å². The monoisotopic (exact) mass is 496 g/mol. The topological polar surface area (TPSA) is 113 Å². The zero-order chi connectivity index (χ0) is 26.2. The number of nitrogens with zero attached hydrogens (tertiary/aromatic N) is 4. The van der Waals surface area contributed by atoms with Crippen LogP contribution in [0.3, 0.4) is 0 Å². The molecule has 0 saturated carbocycles. The van der Waals surface area contributed by atoms with E-state index in [-0.39, 0.29) is 22.7 Å². The summed E-state index contributed by atoms with van der Waals surface area (Å²) in [6, 6.07) is 20.8. The van der Waals surface area contributed by atoms with Crippen molar-refractivity contribution in [2.45, 2.75) is 20.8 Å². The summed E-state index contributed by atoms with van der Waals surface area (Å²) in [6.45, 7) is 6.26. The Balaban J connectivity index is 1.60. The predicted octanol–water partition coefficient (Wildman–Crippen LogP) is 6.03. The number of fused-ring (bicyclic) bond motifs is 2. The van der Waals surface area contributed by atoms with Crippen LogP contribution in [0.1, 0.15) is 26.3 Å². The van der Waals surface area contributed by atoms with Gasteiger partial charge in [-0.1, -0.05) is 51.1 Å². The number of hydrogen-bond acceptors (Lipinski definition) is 7. The van der Waals surface area contributed by atoms with Crippen molar-refractivity contribution in [2.75, 3.05) is 6.61 Å². The van der Waals surface area contributed by atoms with E-state index in [2.05, 4.69) is 10.1 Å². The Morgan fingerprint density at radius 3 is 2.59 bits per heavy atom. The van der Waals surface area contributed by atoms with Crippen molar-refractivity contribution in [2.24, 2.45) is 10.5 Å². The number of aromatic nitrogens is 2. The molecule has 5 rings (SSSR count). The Kier molecular flexibility index (Phi) is 6.04. The van der Waals surface area contributed by atoms with E-state index in [9.17, 15) is 14.9 Å². The van der Waals surface area contributed by atoms with Crippen LogP contribution in [0.5, 0.6) is 5.75 Å².